The van der Waals surface area contributed by atoms with E-state index in [1.54, 1.807) is 6.20 Å². The number of pyridine rings is 1. The predicted octanol–water partition coefficient (Wildman–Crippen LogP) is 1.85. The second-order valence-electron chi connectivity index (χ2n) is 4.27. The maximum Gasteiger partial charge on any atom is 0.0577 e. The van der Waals surface area contributed by atoms with Crippen molar-refractivity contribution in [3.8, 4) is 0 Å². The lowest BCUT2D eigenvalue weighted by Gasteiger charge is -2.10. The van der Waals surface area contributed by atoms with Crippen molar-refractivity contribution in [3.63, 3.8) is 0 Å². The van der Waals surface area contributed by atoms with Crippen LogP contribution in [0.25, 0.3) is 0 Å². The monoisotopic (exact) mass is 230 g/mol. The van der Waals surface area contributed by atoms with E-state index in [1.807, 2.05) is 36.1 Å². The second kappa shape index (κ2) is 5.10. The molecule has 2 aromatic rings. The number of nitrogens with zero attached hydrogens (tertiary/aromatic N) is 3. The lowest BCUT2D eigenvalue weighted by molar-refractivity contribution is 0.656. The van der Waals surface area contributed by atoms with Gasteiger partial charge in [-0.3, -0.25) is 9.67 Å². The maximum atomic E-state index is 6.15. The van der Waals surface area contributed by atoms with Crippen molar-refractivity contribution < 1.29 is 0 Å². The van der Waals surface area contributed by atoms with E-state index >= 15 is 0 Å². The number of nitrogens with two attached hydrogens (primary N) is 1. The van der Waals surface area contributed by atoms with Crippen LogP contribution in [0.3, 0.4) is 0 Å². The van der Waals surface area contributed by atoms with E-state index in [1.165, 1.54) is 5.56 Å². The summed E-state index contributed by atoms with van der Waals surface area (Å²) >= 11 is 0. The van der Waals surface area contributed by atoms with Crippen molar-refractivity contribution in [2.45, 2.75) is 32.9 Å². The van der Waals surface area contributed by atoms with Crippen molar-refractivity contribution in [1.82, 2.24) is 14.8 Å². The molecule has 0 aliphatic heterocycles. The highest BCUT2D eigenvalue weighted by molar-refractivity contribution is 5.19. The topological polar surface area (TPSA) is 56.7 Å². The van der Waals surface area contributed by atoms with E-state index in [-0.39, 0.29) is 6.04 Å². The maximum absolute atomic E-state index is 6.15. The molecular weight excluding hydrogens is 212 g/mol. The first-order valence-corrected chi connectivity index (χ1v) is 5.88. The van der Waals surface area contributed by atoms with Crippen LogP contribution >= 0.6 is 0 Å². The van der Waals surface area contributed by atoms with Gasteiger partial charge < -0.3 is 5.73 Å². The van der Waals surface area contributed by atoms with Gasteiger partial charge in [-0.25, -0.2) is 0 Å². The number of rotatable bonds is 4. The fourth-order valence-corrected chi connectivity index (χ4v) is 1.81. The van der Waals surface area contributed by atoms with Crippen LogP contribution in [0.15, 0.2) is 30.7 Å². The molecule has 17 heavy (non-hydrogen) atoms. The Morgan fingerprint density at radius 1 is 1.47 bits per heavy atom. The normalized spacial score (nSPS) is 12.6. The van der Waals surface area contributed by atoms with Crippen LogP contribution in [-0.2, 0) is 13.0 Å². The summed E-state index contributed by atoms with van der Waals surface area (Å²) in [5.74, 6) is 0. The molecule has 2 aromatic heterocycles. The smallest absolute Gasteiger partial charge is 0.0577 e. The molecular formula is C13H18N4. The molecule has 0 aromatic carbocycles. The highest BCUT2D eigenvalue weighted by Crippen LogP contribution is 2.14. The van der Waals surface area contributed by atoms with E-state index in [0.717, 1.165) is 24.2 Å². The highest BCUT2D eigenvalue weighted by atomic mass is 15.3. The molecule has 1 unspecified atom stereocenters. The van der Waals surface area contributed by atoms with Gasteiger partial charge >= 0.3 is 0 Å². The fraction of sp³-hybridized carbons (Fsp3) is 0.385. The van der Waals surface area contributed by atoms with Crippen molar-refractivity contribution in [2.24, 2.45) is 5.73 Å². The zero-order valence-corrected chi connectivity index (χ0v) is 10.3. The first kappa shape index (κ1) is 11.8. The van der Waals surface area contributed by atoms with E-state index in [0.29, 0.717) is 0 Å². The average molecular weight is 230 g/mol. The third kappa shape index (κ3) is 2.91. The molecule has 0 saturated heterocycles. The SMILES string of the molecule is CCn1cc(CC(N)c2cc(C)ccn2)cn1. The van der Waals surface area contributed by atoms with Gasteiger partial charge in [-0.15, -0.1) is 0 Å². The van der Waals surface area contributed by atoms with Crippen molar-refractivity contribution >= 4 is 0 Å². The average Bonchev–Trinajstić information content (AvgIpc) is 2.77. The molecule has 2 N–H and O–H groups in total. The lowest BCUT2D eigenvalue weighted by atomic mass is 10.1. The first-order valence-electron chi connectivity index (χ1n) is 5.88. The Labute approximate surface area is 101 Å². The summed E-state index contributed by atoms with van der Waals surface area (Å²) in [6, 6.07) is 3.95. The molecule has 90 valence electrons. The largest absolute Gasteiger partial charge is 0.322 e. The Hall–Kier alpha value is -1.68. The first-order chi connectivity index (χ1) is 8.19. The minimum atomic E-state index is -0.0654. The Morgan fingerprint density at radius 2 is 2.29 bits per heavy atom. The van der Waals surface area contributed by atoms with Gasteiger partial charge in [-0.2, -0.15) is 5.10 Å². The standard InChI is InChI=1S/C13H18N4/c1-3-17-9-11(8-16-17)7-12(14)13-6-10(2)4-5-15-13/h4-6,8-9,12H,3,7,14H2,1-2H3. The number of hydrogen-bond donors (Lipinski definition) is 1. The minimum absolute atomic E-state index is 0.0654. The molecule has 0 spiro atoms. The Morgan fingerprint density at radius 3 is 2.94 bits per heavy atom. The van der Waals surface area contributed by atoms with Gasteiger partial charge in [0.05, 0.1) is 17.9 Å². The Kier molecular flexibility index (Phi) is 3.54. The lowest BCUT2D eigenvalue weighted by Crippen LogP contribution is -2.14. The second-order valence-corrected chi connectivity index (χ2v) is 4.27. The molecule has 0 aliphatic carbocycles. The van der Waals surface area contributed by atoms with E-state index in [2.05, 4.69) is 17.0 Å². The van der Waals surface area contributed by atoms with Gasteiger partial charge in [-0.05, 0) is 43.5 Å². The molecule has 1 atom stereocenters. The summed E-state index contributed by atoms with van der Waals surface area (Å²) in [5.41, 5.74) is 9.43. The third-order valence-corrected chi connectivity index (χ3v) is 2.78. The quantitative estimate of drug-likeness (QED) is 0.872. The molecule has 4 nitrogen and oxygen atoms in total. The molecule has 0 aliphatic rings. The number of aryl methyl sites for hydroxylation is 2. The molecule has 0 bridgehead atoms. The van der Waals surface area contributed by atoms with Crippen LogP contribution < -0.4 is 5.73 Å². The zero-order valence-electron chi connectivity index (χ0n) is 10.3. The van der Waals surface area contributed by atoms with Crippen LogP contribution in [0.2, 0.25) is 0 Å². The molecule has 4 heteroatoms. The Bertz CT molecular complexity index is 490. The minimum Gasteiger partial charge on any atom is -0.322 e. The van der Waals surface area contributed by atoms with Crippen LogP contribution in [0, 0.1) is 6.92 Å². The van der Waals surface area contributed by atoms with Crippen molar-refractivity contribution in [2.75, 3.05) is 0 Å². The van der Waals surface area contributed by atoms with Crippen LogP contribution in [0.1, 0.15) is 29.8 Å². The molecule has 0 fully saturated rings. The van der Waals surface area contributed by atoms with Gasteiger partial charge in [0.25, 0.3) is 0 Å². The van der Waals surface area contributed by atoms with Gasteiger partial charge in [0.15, 0.2) is 0 Å². The summed E-state index contributed by atoms with van der Waals surface area (Å²) < 4.78 is 1.91. The molecule has 2 heterocycles. The fourth-order valence-electron chi connectivity index (χ4n) is 1.81. The Balaban J connectivity index is 2.08. The zero-order chi connectivity index (χ0) is 12.3. The van der Waals surface area contributed by atoms with E-state index in [4.69, 9.17) is 5.73 Å². The summed E-state index contributed by atoms with van der Waals surface area (Å²) in [4.78, 5) is 4.31. The summed E-state index contributed by atoms with van der Waals surface area (Å²) in [6.07, 6.45) is 6.49. The van der Waals surface area contributed by atoms with Crippen LogP contribution in [0.5, 0.6) is 0 Å². The third-order valence-electron chi connectivity index (χ3n) is 2.78. The van der Waals surface area contributed by atoms with Gasteiger partial charge in [0, 0.05) is 18.9 Å². The van der Waals surface area contributed by atoms with Crippen LogP contribution in [0.4, 0.5) is 0 Å². The van der Waals surface area contributed by atoms with Crippen molar-refractivity contribution in [1.29, 1.82) is 0 Å². The summed E-state index contributed by atoms with van der Waals surface area (Å²) in [5, 5.41) is 4.24. The molecule has 0 radical (unpaired) electrons. The molecule has 0 amide bonds. The molecule has 2 rings (SSSR count). The van der Waals surface area contributed by atoms with Crippen LogP contribution in [-0.4, -0.2) is 14.8 Å². The highest BCUT2D eigenvalue weighted by Gasteiger charge is 2.09. The molecule has 0 saturated carbocycles. The number of aromatic nitrogens is 3. The van der Waals surface area contributed by atoms with Gasteiger partial charge in [-0.1, -0.05) is 0 Å². The van der Waals surface area contributed by atoms with Crippen molar-refractivity contribution in [3.05, 3.63) is 47.5 Å². The number of hydrogen-bond acceptors (Lipinski definition) is 3. The predicted molar refractivity (Wildman–Crippen MR) is 67.5 cm³/mol. The summed E-state index contributed by atoms with van der Waals surface area (Å²) in [7, 11) is 0. The van der Waals surface area contributed by atoms with Gasteiger partial charge in [0.2, 0.25) is 0 Å². The van der Waals surface area contributed by atoms with E-state index in [9.17, 15) is 0 Å². The summed E-state index contributed by atoms with van der Waals surface area (Å²) in [6.45, 7) is 5.00. The van der Waals surface area contributed by atoms with Gasteiger partial charge in [0.1, 0.15) is 0 Å². The van der Waals surface area contributed by atoms with E-state index < -0.39 is 0 Å².